The quantitative estimate of drug-likeness (QED) is 0.0125. The molecule has 5 rings (SSSR count). The molecule has 0 fully saturated rings. The van der Waals surface area contributed by atoms with Gasteiger partial charge in [0.1, 0.15) is 0 Å². The number of ketones is 2. The summed E-state index contributed by atoms with van der Waals surface area (Å²) in [5.41, 5.74) is 4.49. The molecule has 452 valence electrons. The predicted octanol–water partition coefficient (Wildman–Crippen LogP) is 16.3. The smallest absolute Gasteiger partial charge is 0.300 e. The van der Waals surface area contributed by atoms with Crippen molar-refractivity contribution in [3.63, 3.8) is 0 Å². The van der Waals surface area contributed by atoms with Gasteiger partial charge in [0.15, 0.2) is 13.2 Å². The van der Waals surface area contributed by atoms with Crippen molar-refractivity contribution in [2.45, 2.75) is 251 Å². The maximum absolute atomic E-state index is 12.4. The van der Waals surface area contributed by atoms with Gasteiger partial charge in [-0.3, -0.25) is 19.3 Å². The molecule has 0 unspecified atom stereocenters. The molecule has 3 aromatic carbocycles. The summed E-state index contributed by atoms with van der Waals surface area (Å²) in [6.45, 7) is 9.71. The number of carbonyl (C=O) groups is 2. The van der Waals surface area contributed by atoms with Crippen molar-refractivity contribution in [2.24, 2.45) is 0 Å². The molecule has 0 spiro atoms. The molecule has 5 aromatic rings. The first-order valence-corrected chi connectivity index (χ1v) is 32.8. The zero-order chi connectivity index (χ0) is 58.8. The molecule has 0 saturated heterocycles. The number of hydrogen-bond donors (Lipinski definition) is 0. The molecule has 0 N–H and O–H groups in total. The van der Waals surface area contributed by atoms with Gasteiger partial charge in [-0.15, -0.1) is 0 Å². The molecule has 0 aliphatic heterocycles. The van der Waals surface area contributed by atoms with Crippen LogP contribution in [0.2, 0.25) is 0 Å². The second-order valence-corrected chi connectivity index (χ2v) is 22.2. The predicted molar refractivity (Wildman–Crippen MR) is 335 cm³/mol. The van der Waals surface area contributed by atoms with Crippen LogP contribution in [-0.4, -0.2) is 38.7 Å². The molecular formula is C72H109BN2O7. The lowest BCUT2D eigenvalue weighted by atomic mass is 9.67. The number of Topliss-reactive ketones (excluding diaryl/α,β-unsaturated/α-hetero) is 2. The summed E-state index contributed by atoms with van der Waals surface area (Å²) in [6, 6.07) is 42.3. The van der Waals surface area contributed by atoms with Gasteiger partial charge in [0.25, 0.3) is 11.4 Å². The largest absolute Gasteiger partial charge is 0.871 e. The van der Waals surface area contributed by atoms with Gasteiger partial charge in [-0.2, -0.15) is 0 Å². The van der Waals surface area contributed by atoms with Crippen molar-refractivity contribution in [2.75, 3.05) is 19.8 Å². The summed E-state index contributed by atoms with van der Waals surface area (Å²) in [6.07, 6.45) is 46.6. The number of nitrogens with zero attached hydrogens (tertiary/aromatic N) is 2. The van der Waals surface area contributed by atoms with Crippen molar-refractivity contribution in [3.05, 3.63) is 168 Å². The summed E-state index contributed by atoms with van der Waals surface area (Å²) in [4.78, 5) is 35.7. The Morgan fingerprint density at radius 3 is 0.939 bits per heavy atom. The first kappa shape index (κ1) is 71.1. The number of rotatable bonds is 46. The number of pyridine rings is 2. The van der Waals surface area contributed by atoms with Gasteiger partial charge in [0, 0.05) is 58.6 Å². The SMILES string of the molecule is CCCCCCCCCCCCCCCCCC(=O)c1cccc[n+]1OCC.CCCCCCCCCCCCCCCCCC(=O)c1cccc[n+]1OCC.[O-]B([O-])OCCCC(c1ccccc1)(c1ccccc1)c1ccccc1. The summed E-state index contributed by atoms with van der Waals surface area (Å²) in [7, 11) is -2.23. The second-order valence-electron chi connectivity index (χ2n) is 22.2. The second kappa shape index (κ2) is 48.2. The van der Waals surface area contributed by atoms with Gasteiger partial charge in [0.05, 0.1) is 7.32 Å². The zero-order valence-corrected chi connectivity index (χ0v) is 51.8. The van der Waals surface area contributed by atoms with Crippen molar-refractivity contribution in [1.29, 1.82) is 0 Å². The minimum absolute atomic E-state index is 0.159. The van der Waals surface area contributed by atoms with E-state index in [9.17, 15) is 19.6 Å². The molecule has 82 heavy (non-hydrogen) atoms. The van der Waals surface area contributed by atoms with Crippen LogP contribution in [0.1, 0.15) is 284 Å². The Morgan fingerprint density at radius 2 is 0.659 bits per heavy atom. The highest BCUT2D eigenvalue weighted by Crippen LogP contribution is 2.43. The summed E-state index contributed by atoms with van der Waals surface area (Å²) >= 11 is 0. The number of hydrogen-bond acceptors (Lipinski definition) is 7. The van der Waals surface area contributed by atoms with Gasteiger partial charge in [-0.05, 0) is 68.4 Å². The highest BCUT2D eigenvalue weighted by molar-refractivity contribution is 6.28. The summed E-state index contributed by atoms with van der Waals surface area (Å²) in [5, 5.41) is 21.4. The normalized spacial score (nSPS) is 11.0. The molecule has 0 bridgehead atoms. The van der Waals surface area contributed by atoms with Gasteiger partial charge < -0.3 is 14.7 Å². The van der Waals surface area contributed by atoms with Crippen LogP contribution >= 0.6 is 0 Å². The first-order valence-electron chi connectivity index (χ1n) is 32.8. The number of aromatic nitrogens is 2. The Hall–Kier alpha value is -5.16. The van der Waals surface area contributed by atoms with Gasteiger partial charge in [0.2, 0.25) is 24.0 Å². The van der Waals surface area contributed by atoms with E-state index in [2.05, 4.69) is 50.2 Å². The van der Waals surface area contributed by atoms with Crippen molar-refractivity contribution >= 4 is 18.9 Å². The van der Waals surface area contributed by atoms with Crippen LogP contribution in [-0.2, 0) is 10.1 Å². The molecule has 2 aromatic heterocycles. The van der Waals surface area contributed by atoms with E-state index in [0.717, 1.165) is 32.1 Å². The molecule has 10 heteroatoms. The topological polar surface area (TPSA) is 116 Å². The lowest BCUT2D eigenvalue weighted by molar-refractivity contribution is -0.892. The minimum Gasteiger partial charge on any atom is -0.871 e. The van der Waals surface area contributed by atoms with Crippen LogP contribution < -0.4 is 29.2 Å². The fourth-order valence-corrected chi connectivity index (χ4v) is 11.0. The first-order chi connectivity index (χ1) is 40.3. The summed E-state index contributed by atoms with van der Waals surface area (Å²) in [5.74, 6) is 0.368. The Balaban J connectivity index is 0.000000323. The van der Waals surface area contributed by atoms with E-state index in [1.54, 1.807) is 9.46 Å². The van der Waals surface area contributed by atoms with Crippen molar-refractivity contribution < 1.29 is 43.4 Å². The van der Waals surface area contributed by atoms with Crippen LogP contribution in [0.5, 0.6) is 0 Å². The fourth-order valence-electron chi connectivity index (χ4n) is 11.0. The van der Waals surface area contributed by atoms with E-state index >= 15 is 0 Å². The molecule has 0 aliphatic carbocycles. The number of benzene rings is 3. The molecule has 2 heterocycles. The molecule has 0 radical (unpaired) electrons. The van der Waals surface area contributed by atoms with E-state index in [1.165, 1.54) is 184 Å². The van der Waals surface area contributed by atoms with E-state index in [1.807, 2.05) is 117 Å². The molecule has 0 saturated carbocycles. The highest BCUT2D eigenvalue weighted by atomic mass is 16.7. The lowest BCUT2D eigenvalue weighted by Gasteiger charge is -2.37. The Kier molecular flexibility index (Phi) is 41.8. The maximum Gasteiger partial charge on any atom is 0.300 e. The van der Waals surface area contributed by atoms with Crippen molar-refractivity contribution in [1.82, 2.24) is 0 Å². The minimum atomic E-state index is -2.23. The molecule has 0 atom stereocenters. The van der Waals surface area contributed by atoms with Crippen molar-refractivity contribution in [3.8, 4) is 0 Å². The highest BCUT2D eigenvalue weighted by Gasteiger charge is 2.35. The van der Waals surface area contributed by atoms with Gasteiger partial charge in [-0.1, -0.05) is 285 Å². The molecule has 0 aliphatic rings. The Labute approximate surface area is 499 Å². The Morgan fingerprint density at radius 1 is 0.378 bits per heavy atom. The zero-order valence-electron chi connectivity index (χ0n) is 51.8. The van der Waals surface area contributed by atoms with Crippen LogP contribution in [0, 0.1) is 0 Å². The third-order valence-electron chi connectivity index (χ3n) is 15.5. The van der Waals surface area contributed by atoms with E-state index < -0.39 is 7.32 Å². The molecule has 0 amide bonds. The lowest BCUT2D eigenvalue weighted by Crippen LogP contribution is -2.48. The standard InChI is InChI=1S/2C25H44NO2.C22H21BO3/c2*1-3-5-6-7-8-9-10-11-12-13-14-15-16-17-18-22-25(27)24-21-19-20-23-26(24)28-4-2;24-23(25)26-18-10-17-22(19-11-4-1-5-12-19,20-13-6-2-7-14-20)21-15-8-3-9-16-21/h2*19-21,23H,3-18,22H2,1-2H3;1-9,11-16H,10,17-18H2/q2*+1;-2. The van der Waals surface area contributed by atoms with Crippen LogP contribution in [0.3, 0.4) is 0 Å². The van der Waals surface area contributed by atoms with Crippen LogP contribution in [0.15, 0.2) is 140 Å². The average molecular weight is 1130 g/mol. The van der Waals surface area contributed by atoms with Gasteiger partial charge in [-0.25, -0.2) is 0 Å². The summed E-state index contributed by atoms with van der Waals surface area (Å²) < 4.78 is 7.94. The number of unbranched alkanes of at least 4 members (excludes halogenated alkanes) is 28. The monoisotopic (exact) mass is 1120 g/mol. The maximum atomic E-state index is 12.4. The van der Waals surface area contributed by atoms with Crippen LogP contribution in [0.4, 0.5) is 0 Å². The third-order valence-corrected chi connectivity index (χ3v) is 15.5. The number of carbonyl (C=O) groups excluding carboxylic acids is 2. The third kappa shape index (κ3) is 30.9. The fraction of sp³-hybridized carbons (Fsp3) is 0.583. The van der Waals surface area contributed by atoms with Gasteiger partial charge >= 0.3 is 0 Å². The molecular weight excluding hydrogens is 1020 g/mol. The average Bonchev–Trinajstić information content (AvgIpc) is 2.66. The van der Waals surface area contributed by atoms with E-state index in [-0.39, 0.29) is 23.6 Å². The van der Waals surface area contributed by atoms with E-state index in [4.69, 9.17) is 14.3 Å². The van der Waals surface area contributed by atoms with E-state index in [0.29, 0.717) is 43.9 Å². The van der Waals surface area contributed by atoms with Crippen LogP contribution in [0.25, 0.3) is 0 Å². The Bertz CT molecular complexity index is 2090. The molecule has 9 nitrogen and oxygen atoms in total.